The zero-order valence-corrected chi connectivity index (χ0v) is 9.93. The molecule has 0 aliphatic heterocycles. The normalized spacial score (nSPS) is 18.0. The van der Waals surface area contributed by atoms with E-state index in [0.717, 1.165) is 0 Å². The molecule has 0 aromatic carbocycles. The van der Waals surface area contributed by atoms with E-state index in [0.29, 0.717) is 0 Å². The standard InChI is InChI=1S/C4H24N11O2/c1-3(13(5,6)7)16-14(8,9)4(2)17-15(10,11)12/h3-4H,5-12H2,1-2H3/q+3. The largest absolute Gasteiger partial charge is 0.315 e. The fraction of sp³-hybridized carbons (Fsp3) is 1.00. The molecule has 13 nitrogen and oxygen atoms in total. The maximum atomic E-state index is 5.58. The summed E-state index contributed by atoms with van der Waals surface area (Å²) in [5.74, 6) is 42.7. The molecule has 16 N–H and O–H groups in total. The number of rotatable bonds is 6. The van der Waals surface area contributed by atoms with Crippen LogP contribution in [-0.4, -0.2) is 27.1 Å². The van der Waals surface area contributed by atoms with Crippen molar-refractivity contribution in [3.05, 3.63) is 0 Å². The molecule has 0 spiro atoms. The second-order valence-electron chi connectivity index (χ2n) is 3.83. The van der Waals surface area contributed by atoms with Crippen LogP contribution in [0, 0.1) is 0 Å². The van der Waals surface area contributed by atoms with Gasteiger partial charge in [-0.1, -0.05) is 14.5 Å². The number of hydroxylamine groups is 1. The third-order valence-corrected chi connectivity index (χ3v) is 1.87. The molecule has 0 aromatic rings. The van der Waals surface area contributed by atoms with Gasteiger partial charge in [-0.05, 0) is 0 Å². The number of hydrogen-bond donors (Lipinski definition) is 8. The molecular formula is C4H24N11O2+3. The van der Waals surface area contributed by atoms with E-state index in [2.05, 4.69) is 0 Å². The van der Waals surface area contributed by atoms with E-state index in [1.807, 2.05) is 0 Å². The van der Waals surface area contributed by atoms with Gasteiger partial charge < -0.3 is 0 Å². The summed E-state index contributed by atoms with van der Waals surface area (Å²) in [4.78, 5) is 6.57. The predicted molar refractivity (Wildman–Crippen MR) is 55.4 cm³/mol. The van der Waals surface area contributed by atoms with Crippen LogP contribution in [0.1, 0.15) is 13.8 Å². The molecule has 0 heterocycles. The highest BCUT2D eigenvalue weighted by Gasteiger charge is 2.43. The Bertz CT molecular complexity index is 243. The van der Waals surface area contributed by atoms with E-state index in [1.165, 1.54) is 13.8 Å². The molecule has 0 amide bonds. The predicted octanol–water partition coefficient (Wildman–Crippen LogP) is -5.02. The summed E-state index contributed by atoms with van der Waals surface area (Å²) in [6.07, 6.45) is -1.96. The molecule has 0 saturated heterocycles. The highest BCUT2D eigenvalue weighted by Crippen LogP contribution is 2.08. The highest BCUT2D eigenvalue weighted by molar-refractivity contribution is 4.21. The minimum Gasteiger partial charge on any atom is -0.139 e. The Hall–Kier alpha value is -0.520. The third kappa shape index (κ3) is 6.10. The van der Waals surface area contributed by atoms with Crippen molar-refractivity contribution in [2.24, 2.45) is 46.7 Å². The van der Waals surface area contributed by atoms with Crippen LogP contribution < -0.4 is 46.7 Å². The van der Waals surface area contributed by atoms with Crippen LogP contribution in [0.15, 0.2) is 0 Å². The van der Waals surface area contributed by atoms with E-state index >= 15 is 0 Å². The summed E-state index contributed by atoms with van der Waals surface area (Å²) in [6.45, 7) is 2.87. The Labute approximate surface area is 98.4 Å². The molecule has 17 heavy (non-hydrogen) atoms. The van der Waals surface area contributed by atoms with Gasteiger partial charge in [0.2, 0.25) is 0 Å². The molecule has 0 fully saturated rings. The van der Waals surface area contributed by atoms with Gasteiger partial charge in [-0.2, -0.15) is 0 Å². The van der Waals surface area contributed by atoms with Crippen molar-refractivity contribution in [2.75, 3.05) is 0 Å². The molecule has 0 radical (unpaired) electrons. The van der Waals surface area contributed by atoms with Gasteiger partial charge in [-0.15, -0.1) is 46.7 Å². The number of hydrogen-bond acceptors (Lipinski definition) is 10. The number of quaternary nitrogens is 3. The topological polar surface area (TPSA) is 227 Å². The second-order valence-corrected chi connectivity index (χ2v) is 3.83. The van der Waals surface area contributed by atoms with Crippen LogP contribution in [0.5, 0.6) is 0 Å². The summed E-state index contributed by atoms with van der Waals surface area (Å²) < 4.78 is 0. The molecule has 2 unspecified atom stereocenters. The van der Waals surface area contributed by atoms with Crippen molar-refractivity contribution in [1.29, 1.82) is 0 Å². The first-order valence-electron chi connectivity index (χ1n) is 4.57. The van der Waals surface area contributed by atoms with Crippen LogP contribution in [-0.2, 0) is 9.68 Å². The van der Waals surface area contributed by atoms with Gasteiger partial charge in [0.15, 0.2) is 0 Å². The van der Waals surface area contributed by atoms with Crippen LogP contribution in [0.25, 0.3) is 0 Å². The van der Waals surface area contributed by atoms with Crippen LogP contribution >= 0.6 is 0 Å². The van der Waals surface area contributed by atoms with Crippen molar-refractivity contribution in [3.63, 3.8) is 0 Å². The van der Waals surface area contributed by atoms with Crippen molar-refractivity contribution < 1.29 is 24.3 Å². The summed E-state index contributed by atoms with van der Waals surface area (Å²) in [6, 6.07) is 0. The van der Waals surface area contributed by atoms with E-state index in [1.54, 1.807) is 0 Å². The fourth-order valence-corrected chi connectivity index (χ4v) is 0.769. The van der Waals surface area contributed by atoms with Gasteiger partial charge in [0.25, 0.3) is 6.23 Å². The third-order valence-electron chi connectivity index (χ3n) is 1.87. The molecule has 0 aliphatic carbocycles. The van der Waals surface area contributed by atoms with Crippen LogP contribution in [0.3, 0.4) is 0 Å². The van der Waals surface area contributed by atoms with Crippen molar-refractivity contribution in [3.8, 4) is 0 Å². The van der Waals surface area contributed by atoms with Gasteiger partial charge in [0.05, 0.1) is 0 Å². The molecule has 0 aromatic heterocycles. The Kier molecular flexibility index (Phi) is 4.85. The second kappa shape index (κ2) is 5.00. The average molecular weight is 258 g/mol. The monoisotopic (exact) mass is 258 g/mol. The lowest BCUT2D eigenvalue weighted by Gasteiger charge is -2.34. The molecule has 0 bridgehead atoms. The van der Waals surface area contributed by atoms with Crippen molar-refractivity contribution >= 4 is 0 Å². The molecule has 0 saturated carbocycles. The maximum Gasteiger partial charge on any atom is 0.315 e. The lowest BCUT2D eigenvalue weighted by Crippen LogP contribution is -2.78. The number of nitrogens with zero attached hydrogens (tertiary/aromatic N) is 3. The highest BCUT2D eigenvalue weighted by atomic mass is 16.9. The van der Waals surface area contributed by atoms with Gasteiger partial charge in [-0.3, -0.25) is 0 Å². The quantitative estimate of drug-likeness (QED) is 0.0977. The van der Waals surface area contributed by atoms with Gasteiger partial charge in [-0.25, -0.2) is 0 Å². The molecule has 104 valence electrons. The van der Waals surface area contributed by atoms with Gasteiger partial charge >= 0.3 is 6.23 Å². The Morgan fingerprint density at radius 3 is 1.41 bits per heavy atom. The van der Waals surface area contributed by atoms with E-state index < -0.39 is 27.1 Å². The Morgan fingerprint density at radius 2 is 1.12 bits per heavy atom. The molecule has 0 aliphatic rings. The zero-order chi connectivity index (χ0) is 14.1. The Balaban J connectivity index is 4.57. The summed E-state index contributed by atoms with van der Waals surface area (Å²) in [5.41, 5.74) is 0. The number of nitrogens with two attached hydrogens (primary N) is 8. The lowest BCUT2D eigenvalue weighted by atomic mass is 10.6. The summed E-state index contributed by atoms with van der Waals surface area (Å²) in [5, 5.41) is 0. The molecular weight excluding hydrogens is 234 g/mol. The van der Waals surface area contributed by atoms with Crippen LogP contribution in [0.2, 0.25) is 0 Å². The first-order valence-corrected chi connectivity index (χ1v) is 4.57. The summed E-state index contributed by atoms with van der Waals surface area (Å²) >= 11 is 0. The lowest BCUT2D eigenvalue weighted by molar-refractivity contribution is -1.25. The van der Waals surface area contributed by atoms with Crippen LogP contribution in [0.4, 0.5) is 0 Å². The minimum absolute atomic E-state index is 0.939. The van der Waals surface area contributed by atoms with Gasteiger partial charge in [0.1, 0.15) is 0 Å². The van der Waals surface area contributed by atoms with E-state index in [9.17, 15) is 0 Å². The average Bonchev–Trinajstić information content (AvgIpc) is 1.97. The Morgan fingerprint density at radius 1 is 0.706 bits per heavy atom. The zero-order valence-electron chi connectivity index (χ0n) is 9.93. The molecule has 2 atom stereocenters. The first-order chi connectivity index (χ1) is 7.26. The van der Waals surface area contributed by atoms with E-state index in [-0.39, 0.29) is 0 Å². The SMILES string of the molecule is CC(O[N+](N)(N)C(C)O[N+](N)(N)N)[N+](N)(N)N. The molecule has 13 heteroatoms. The maximum absolute atomic E-state index is 5.58. The smallest absolute Gasteiger partial charge is 0.139 e. The summed E-state index contributed by atoms with van der Waals surface area (Å²) in [7, 11) is 0. The molecule has 0 rings (SSSR count). The van der Waals surface area contributed by atoms with E-state index in [4.69, 9.17) is 56.4 Å². The minimum atomic E-state index is -1.29. The van der Waals surface area contributed by atoms with Gasteiger partial charge in [0, 0.05) is 23.7 Å². The fourth-order valence-electron chi connectivity index (χ4n) is 0.769. The van der Waals surface area contributed by atoms with Crippen molar-refractivity contribution in [1.82, 2.24) is 0 Å². The first kappa shape index (κ1) is 16.5. The van der Waals surface area contributed by atoms with Crippen molar-refractivity contribution in [2.45, 2.75) is 26.3 Å².